The van der Waals surface area contributed by atoms with Crippen LogP contribution in [0.15, 0.2) is 47.4 Å². The van der Waals surface area contributed by atoms with Crippen molar-refractivity contribution in [2.24, 2.45) is 0 Å². The highest BCUT2D eigenvalue weighted by Crippen LogP contribution is 2.23. The number of esters is 2. The molecule has 0 atom stereocenters. The third kappa shape index (κ3) is 34.0. The lowest BCUT2D eigenvalue weighted by molar-refractivity contribution is 0.0446. The summed E-state index contributed by atoms with van der Waals surface area (Å²) in [5.74, 6) is -1.74. The van der Waals surface area contributed by atoms with Gasteiger partial charge >= 0.3 is 11.9 Å². The second-order valence-corrected chi connectivity index (χ2v) is 19.2. The summed E-state index contributed by atoms with van der Waals surface area (Å²) in [6.07, 6.45) is 56.3. The molecular weight excluding hydrogens is 793 g/mol. The Balaban J connectivity index is 2.13. The first-order valence-corrected chi connectivity index (χ1v) is 27.5. The average Bonchev–Trinajstić information content (AvgIpc) is 3.26. The molecule has 7 nitrogen and oxygen atoms in total. The predicted octanol–water partition coefficient (Wildman–Crippen LogP) is 17.2. The first-order valence-electron chi connectivity index (χ1n) is 26.1. The van der Waals surface area contributed by atoms with Crippen LogP contribution in [0.25, 0.3) is 0 Å². The number of hydrogen-bond acceptors (Lipinski definition) is 6. The van der Waals surface area contributed by atoms with Crippen LogP contribution in [0.2, 0.25) is 0 Å². The van der Waals surface area contributed by atoms with Gasteiger partial charge in [-0.15, -0.1) is 0 Å². The molecule has 0 unspecified atom stereocenters. The highest BCUT2D eigenvalue weighted by atomic mass is 32.2. The third-order valence-electron chi connectivity index (χ3n) is 12.0. The number of allylic oxidation sites excluding steroid dienone is 4. The van der Waals surface area contributed by atoms with Crippen LogP contribution in [-0.4, -0.2) is 38.1 Å². The lowest BCUT2D eigenvalue weighted by Gasteiger charge is -2.13. The van der Waals surface area contributed by atoms with E-state index < -0.39 is 32.5 Å². The van der Waals surface area contributed by atoms with Gasteiger partial charge < -0.3 is 9.47 Å². The van der Waals surface area contributed by atoms with Crippen LogP contribution in [0, 0.1) is 0 Å². The Morgan fingerprint density at radius 2 is 0.726 bits per heavy atom. The molecule has 1 aromatic rings. The zero-order valence-corrected chi connectivity index (χ0v) is 40.9. The molecule has 0 saturated carbocycles. The lowest BCUT2D eigenvalue weighted by atomic mass is 10.0. The van der Waals surface area contributed by atoms with Gasteiger partial charge in [0.15, 0.2) is 0 Å². The Kier molecular flexibility index (Phi) is 39.5. The summed E-state index contributed by atoms with van der Waals surface area (Å²) in [4.78, 5) is 25.5. The molecule has 8 heteroatoms. The standard InChI is InChI=1S/C54H94O7S/c1-3-5-7-9-11-13-15-17-19-21-23-25-27-29-31-33-35-37-39-41-43-48-60-53(55)50-46-45-47-51(62(57,58)59)52(50)54(56)61-49-44-42-40-38-36-34-32-30-28-26-24-22-20-18-16-14-12-10-8-6-4-2/h13-16,45-47H,3-12,17-44,48-49H2,1-2H3,(H,57,58,59)/b15-13+,16-14+. The van der Waals surface area contributed by atoms with Crippen LogP contribution in [0.4, 0.5) is 0 Å². The Labute approximate surface area is 382 Å². The van der Waals surface area contributed by atoms with Crippen LogP contribution in [-0.2, 0) is 19.6 Å². The molecule has 0 bridgehead atoms. The number of carbonyl (C=O) groups is 2. The molecule has 0 saturated heterocycles. The summed E-state index contributed by atoms with van der Waals surface area (Å²) >= 11 is 0. The second-order valence-electron chi connectivity index (χ2n) is 17.8. The topological polar surface area (TPSA) is 107 Å². The number of benzene rings is 1. The van der Waals surface area contributed by atoms with Crippen molar-refractivity contribution < 1.29 is 32.0 Å². The van der Waals surface area contributed by atoms with Gasteiger partial charge in [-0.05, 0) is 76.3 Å². The van der Waals surface area contributed by atoms with Gasteiger partial charge in [0.05, 0.1) is 24.3 Å². The fraction of sp³-hybridized carbons (Fsp3) is 0.778. The zero-order chi connectivity index (χ0) is 45.0. The largest absolute Gasteiger partial charge is 0.462 e. The maximum absolute atomic E-state index is 13.1. The van der Waals surface area contributed by atoms with Crippen molar-refractivity contribution in [1.29, 1.82) is 0 Å². The third-order valence-corrected chi connectivity index (χ3v) is 12.9. The molecule has 62 heavy (non-hydrogen) atoms. The van der Waals surface area contributed by atoms with Crippen LogP contribution < -0.4 is 0 Å². The summed E-state index contributed by atoms with van der Waals surface area (Å²) in [7, 11) is -4.77. The molecule has 0 aromatic heterocycles. The molecule has 0 aliphatic rings. The number of rotatable bonds is 45. The van der Waals surface area contributed by atoms with Gasteiger partial charge in [-0.25, -0.2) is 9.59 Å². The Bertz CT molecular complexity index is 1370. The van der Waals surface area contributed by atoms with Crippen molar-refractivity contribution in [1.82, 2.24) is 0 Å². The number of hydrogen-bond donors (Lipinski definition) is 1. The number of carbonyl (C=O) groups excluding carboxylic acids is 2. The molecule has 0 aliphatic carbocycles. The van der Waals surface area contributed by atoms with Crippen LogP contribution in [0.1, 0.15) is 279 Å². The predicted molar refractivity (Wildman–Crippen MR) is 262 cm³/mol. The molecule has 0 spiro atoms. The fourth-order valence-electron chi connectivity index (χ4n) is 8.07. The van der Waals surface area contributed by atoms with Crippen LogP contribution >= 0.6 is 0 Å². The summed E-state index contributed by atoms with van der Waals surface area (Å²) < 4.78 is 45.0. The van der Waals surface area contributed by atoms with Gasteiger partial charge in [-0.3, -0.25) is 4.55 Å². The minimum atomic E-state index is -4.77. The van der Waals surface area contributed by atoms with E-state index in [0.29, 0.717) is 12.8 Å². The molecule has 0 amide bonds. The normalized spacial score (nSPS) is 11.9. The van der Waals surface area contributed by atoms with Crippen molar-refractivity contribution in [3.05, 3.63) is 53.6 Å². The van der Waals surface area contributed by atoms with Gasteiger partial charge in [0.25, 0.3) is 10.1 Å². The highest BCUT2D eigenvalue weighted by Gasteiger charge is 2.28. The SMILES string of the molecule is CCCCCC/C=C/CCCCCCCCCCCCCCCOC(=O)c1cccc(S(=O)(=O)O)c1C(=O)OCCCCCCCCCCCCCCC/C=C/CCCCCC. The van der Waals surface area contributed by atoms with E-state index in [9.17, 15) is 22.6 Å². The molecule has 0 fully saturated rings. The van der Waals surface area contributed by atoms with E-state index in [-0.39, 0.29) is 18.8 Å². The highest BCUT2D eigenvalue weighted by molar-refractivity contribution is 7.86. The molecule has 1 aromatic carbocycles. The van der Waals surface area contributed by atoms with Gasteiger partial charge in [0.2, 0.25) is 0 Å². The van der Waals surface area contributed by atoms with Crippen molar-refractivity contribution in [2.75, 3.05) is 13.2 Å². The summed E-state index contributed by atoms with van der Waals surface area (Å²) in [6.45, 7) is 4.81. The first-order chi connectivity index (χ1) is 30.3. The van der Waals surface area contributed by atoms with Crippen molar-refractivity contribution in [3.63, 3.8) is 0 Å². The minimum Gasteiger partial charge on any atom is -0.462 e. The van der Waals surface area contributed by atoms with Gasteiger partial charge in [-0.1, -0.05) is 224 Å². The smallest absolute Gasteiger partial charge is 0.340 e. The first kappa shape index (κ1) is 57.6. The molecular formula is C54H94O7S. The molecule has 1 N–H and O–H groups in total. The molecule has 0 heterocycles. The molecule has 1 rings (SSSR count). The van der Waals surface area contributed by atoms with E-state index in [4.69, 9.17) is 9.47 Å². The van der Waals surface area contributed by atoms with Crippen molar-refractivity contribution in [3.8, 4) is 0 Å². The number of unbranched alkanes of at least 4 members (excludes halogenated alkanes) is 34. The van der Waals surface area contributed by atoms with E-state index in [1.807, 2.05) is 0 Å². The van der Waals surface area contributed by atoms with E-state index in [1.54, 1.807) is 0 Å². The van der Waals surface area contributed by atoms with Crippen LogP contribution in [0.5, 0.6) is 0 Å². The number of ether oxygens (including phenoxy) is 2. The molecule has 0 aliphatic heterocycles. The summed E-state index contributed by atoms with van der Waals surface area (Å²) in [6, 6.07) is 3.78. The minimum absolute atomic E-state index is 0.111. The Morgan fingerprint density at radius 3 is 1.05 bits per heavy atom. The summed E-state index contributed by atoms with van der Waals surface area (Å²) in [5.41, 5.74) is -0.668. The molecule has 0 radical (unpaired) electrons. The maximum atomic E-state index is 13.1. The van der Waals surface area contributed by atoms with Crippen molar-refractivity contribution >= 4 is 22.1 Å². The molecule has 358 valence electrons. The fourth-order valence-corrected chi connectivity index (χ4v) is 8.78. The zero-order valence-electron chi connectivity index (χ0n) is 40.1. The van der Waals surface area contributed by atoms with Crippen LogP contribution in [0.3, 0.4) is 0 Å². The van der Waals surface area contributed by atoms with Gasteiger partial charge in [0, 0.05) is 0 Å². The van der Waals surface area contributed by atoms with Gasteiger partial charge in [0.1, 0.15) is 4.90 Å². The quantitative estimate of drug-likeness (QED) is 0.0301. The Morgan fingerprint density at radius 1 is 0.435 bits per heavy atom. The summed E-state index contributed by atoms with van der Waals surface area (Å²) in [5, 5.41) is 0. The lowest BCUT2D eigenvalue weighted by Crippen LogP contribution is -2.19. The maximum Gasteiger partial charge on any atom is 0.340 e. The van der Waals surface area contributed by atoms with E-state index in [1.165, 1.54) is 205 Å². The van der Waals surface area contributed by atoms with E-state index >= 15 is 0 Å². The Hall–Kier alpha value is -2.45. The van der Waals surface area contributed by atoms with Crippen molar-refractivity contribution in [2.45, 2.75) is 263 Å². The van der Waals surface area contributed by atoms with E-state index in [0.717, 1.165) is 44.6 Å². The van der Waals surface area contributed by atoms with Gasteiger partial charge in [-0.2, -0.15) is 8.42 Å². The monoisotopic (exact) mass is 887 g/mol. The van der Waals surface area contributed by atoms with E-state index in [2.05, 4.69) is 38.2 Å². The average molecular weight is 887 g/mol. The second kappa shape index (κ2) is 42.5.